The van der Waals surface area contributed by atoms with Gasteiger partial charge in [-0.1, -0.05) is 36.4 Å². The molecule has 3 aromatic rings. The number of rotatable bonds is 6. The van der Waals surface area contributed by atoms with E-state index in [1.165, 1.54) is 18.2 Å². The van der Waals surface area contributed by atoms with Crippen LogP contribution in [0.25, 0.3) is 17.5 Å². The number of nitrogens with zero attached hydrogens (tertiary/aromatic N) is 1. The summed E-state index contributed by atoms with van der Waals surface area (Å²) in [5, 5.41) is 2.80. The molecular weight excluding hydrogens is 317 g/mol. The lowest BCUT2D eigenvalue weighted by atomic mass is 10.1. The van der Waals surface area contributed by atoms with Gasteiger partial charge in [0.05, 0.1) is 0 Å². The van der Waals surface area contributed by atoms with Gasteiger partial charge in [-0.25, -0.2) is 9.37 Å². The molecule has 0 radical (unpaired) electrons. The Bertz CT molecular complexity index is 872. The van der Waals surface area contributed by atoms with Gasteiger partial charge < -0.3 is 10.3 Å². The van der Waals surface area contributed by atoms with Crippen molar-refractivity contribution in [1.29, 1.82) is 0 Å². The maximum Gasteiger partial charge on any atom is 0.244 e. The van der Waals surface area contributed by atoms with E-state index >= 15 is 0 Å². The Morgan fingerprint density at radius 3 is 2.88 bits per heavy atom. The summed E-state index contributed by atoms with van der Waals surface area (Å²) in [5.41, 5.74) is 2.50. The molecule has 0 aliphatic heterocycles. The smallest absolute Gasteiger partial charge is 0.244 e. The quantitative estimate of drug-likeness (QED) is 0.676. The highest BCUT2D eigenvalue weighted by molar-refractivity contribution is 5.91. The molecule has 1 amide bonds. The van der Waals surface area contributed by atoms with Crippen LogP contribution in [0, 0.1) is 5.82 Å². The lowest BCUT2D eigenvalue weighted by Gasteiger charge is -2.05. The van der Waals surface area contributed by atoms with E-state index < -0.39 is 0 Å². The van der Waals surface area contributed by atoms with Crippen LogP contribution in [0.3, 0.4) is 0 Å². The summed E-state index contributed by atoms with van der Waals surface area (Å²) >= 11 is 0. The van der Waals surface area contributed by atoms with Gasteiger partial charge in [0.25, 0.3) is 0 Å². The second-order valence-corrected chi connectivity index (χ2v) is 5.53. The third-order valence-electron chi connectivity index (χ3n) is 3.73. The van der Waals surface area contributed by atoms with Crippen LogP contribution in [0.1, 0.15) is 11.1 Å². The largest absolute Gasteiger partial charge is 0.352 e. The van der Waals surface area contributed by atoms with E-state index in [4.69, 9.17) is 0 Å². The van der Waals surface area contributed by atoms with E-state index in [1.807, 2.05) is 24.3 Å². The Morgan fingerprint density at radius 1 is 1.20 bits per heavy atom. The second-order valence-electron chi connectivity index (χ2n) is 5.53. The SMILES string of the molecule is O=C(C=Cc1ccccc1F)NCCc1cccc(-c2ncc[nH]2)c1. The summed E-state index contributed by atoms with van der Waals surface area (Å²) in [7, 11) is 0. The summed E-state index contributed by atoms with van der Waals surface area (Å²) < 4.78 is 13.5. The minimum Gasteiger partial charge on any atom is -0.352 e. The van der Waals surface area contributed by atoms with Crippen molar-refractivity contribution in [3.63, 3.8) is 0 Å². The van der Waals surface area contributed by atoms with Crippen molar-refractivity contribution in [2.45, 2.75) is 6.42 Å². The molecule has 25 heavy (non-hydrogen) atoms. The van der Waals surface area contributed by atoms with E-state index in [2.05, 4.69) is 15.3 Å². The van der Waals surface area contributed by atoms with Gasteiger partial charge in [0.1, 0.15) is 11.6 Å². The number of carbonyl (C=O) groups is 1. The topological polar surface area (TPSA) is 57.8 Å². The van der Waals surface area contributed by atoms with Crippen LogP contribution in [0.4, 0.5) is 4.39 Å². The Hall–Kier alpha value is -3.21. The van der Waals surface area contributed by atoms with Crippen molar-refractivity contribution >= 4 is 12.0 Å². The summed E-state index contributed by atoms with van der Waals surface area (Å²) in [4.78, 5) is 19.1. The first kappa shape index (κ1) is 16.6. The third-order valence-corrected chi connectivity index (χ3v) is 3.73. The van der Waals surface area contributed by atoms with Crippen molar-refractivity contribution in [3.05, 3.63) is 83.9 Å². The molecule has 4 nitrogen and oxygen atoms in total. The lowest BCUT2D eigenvalue weighted by molar-refractivity contribution is -0.116. The van der Waals surface area contributed by atoms with E-state index in [0.29, 0.717) is 18.5 Å². The third kappa shape index (κ3) is 4.64. The van der Waals surface area contributed by atoms with Crippen molar-refractivity contribution in [3.8, 4) is 11.4 Å². The number of carbonyl (C=O) groups excluding carboxylic acids is 1. The van der Waals surface area contributed by atoms with E-state index in [0.717, 1.165) is 17.0 Å². The zero-order valence-corrected chi connectivity index (χ0v) is 13.6. The van der Waals surface area contributed by atoms with Crippen LogP contribution in [-0.4, -0.2) is 22.4 Å². The average Bonchev–Trinajstić information content (AvgIpc) is 3.16. The highest BCUT2D eigenvalue weighted by Crippen LogP contribution is 2.16. The Labute approximate surface area is 145 Å². The highest BCUT2D eigenvalue weighted by atomic mass is 19.1. The van der Waals surface area contributed by atoms with Gasteiger partial charge in [0, 0.05) is 36.1 Å². The number of amides is 1. The van der Waals surface area contributed by atoms with Gasteiger partial charge in [-0.3, -0.25) is 4.79 Å². The zero-order chi connectivity index (χ0) is 17.5. The fraction of sp³-hybridized carbons (Fsp3) is 0.100. The predicted molar refractivity (Wildman–Crippen MR) is 96.2 cm³/mol. The van der Waals surface area contributed by atoms with Gasteiger partial charge in [0.15, 0.2) is 0 Å². The van der Waals surface area contributed by atoms with Crippen molar-refractivity contribution in [1.82, 2.24) is 15.3 Å². The molecule has 0 aliphatic carbocycles. The molecule has 5 heteroatoms. The summed E-state index contributed by atoms with van der Waals surface area (Å²) in [5.74, 6) is 0.227. The van der Waals surface area contributed by atoms with Crippen LogP contribution in [0.15, 0.2) is 67.0 Å². The lowest BCUT2D eigenvalue weighted by Crippen LogP contribution is -2.23. The number of halogens is 1. The first-order chi connectivity index (χ1) is 12.2. The van der Waals surface area contributed by atoms with Gasteiger partial charge in [-0.2, -0.15) is 0 Å². The summed E-state index contributed by atoms with van der Waals surface area (Å²) in [6, 6.07) is 14.3. The first-order valence-corrected chi connectivity index (χ1v) is 8.01. The van der Waals surface area contributed by atoms with Crippen LogP contribution in [0.5, 0.6) is 0 Å². The molecular formula is C20H18FN3O. The molecule has 0 fully saturated rings. The van der Waals surface area contributed by atoms with Gasteiger partial charge >= 0.3 is 0 Å². The number of hydrogen-bond donors (Lipinski definition) is 2. The predicted octanol–water partition coefficient (Wildman–Crippen LogP) is 3.59. The van der Waals surface area contributed by atoms with Crippen LogP contribution in [0.2, 0.25) is 0 Å². The first-order valence-electron chi connectivity index (χ1n) is 8.01. The average molecular weight is 335 g/mol. The molecule has 0 bridgehead atoms. The molecule has 2 N–H and O–H groups in total. The van der Waals surface area contributed by atoms with Gasteiger partial charge in [-0.05, 0) is 30.2 Å². The van der Waals surface area contributed by atoms with Crippen LogP contribution in [-0.2, 0) is 11.2 Å². The number of aromatic amines is 1. The number of hydrogen-bond acceptors (Lipinski definition) is 2. The molecule has 1 aromatic heterocycles. The zero-order valence-electron chi connectivity index (χ0n) is 13.6. The Kier molecular flexibility index (Phi) is 5.36. The molecule has 3 rings (SSSR count). The van der Waals surface area contributed by atoms with Crippen molar-refractivity contribution < 1.29 is 9.18 Å². The Morgan fingerprint density at radius 2 is 2.08 bits per heavy atom. The molecule has 0 atom stereocenters. The van der Waals surface area contributed by atoms with E-state index in [-0.39, 0.29) is 11.7 Å². The molecule has 0 unspecified atom stereocenters. The maximum atomic E-state index is 13.5. The van der Waals surface area contributed by atoms with E-state index in [1.54, 1.807) is 30.6 Å². The van der Waals surface area contributed by atoms with Crippen molar-refractivity contribution in [2.75, 3.05) is 6.54 Å². The van der Waals surface area contributed by atoms with Crippen molar-refractivity contribution in [2.24, 2.45) is 0 Å². The van der Waals surface area contributed by atoms with Gasteiger partial charge in [-0.15, -0.1) is 0 Å². The van der Waals surface area contributed by atoms with Crippen LogP contribution >= 0.6 is 0 Å². The molecule has 1 heterocycles. The normalized spacial score (nSPS) is 10.9. The highest BCUT2D eigenvalue weighted by Gasteiger charge is 2.02. The number of H-pyrrole nitrogens is 1. The maximum absolute atomic E-state index is 13.5. The number of nitrogens with one attached hydrogen (secondary N) is 2. The summed E-state index contributed by atoms with van der Waals surface area (Å²) in [6.07, 6.45) is 7.02. The fourth-order valence-electron chi connectivity index (χ4n) is 2.46. The summed E-state index contributed by atoms with van der Waals surface area (Å²) in [6.45, 7) is 0.502. The minimum absolute atomic E-state index is 0.245. The molecule has 126 valence electrons. The number of imidazole rings is 1. The standard InChI is InChI=1S/C20H18FN3O/c21-18-7-2-1-5-16(18)8-9-19(25)22-11-10-15-4-3-6-17(14-15)20-23-12-13-24-20/h1-9,12-14H,10-11H2,(H,22,25)(H,23,24). The molecule has 2 aromatic carbocycles. The molecule has 0 saturated heterocycles. The fourth-order valence-corrected chi connectivity index (χ4v) is 2.46. The number of benzene rings is 2. The Balaban J connectivity index is 1.52. The molecule has 0 spiro atoms. The molecule has 0 aliphatic rings. The second kappa shape index (κ2) is 8.06. The monoisotopic (exact) mass is 335 g/mol. The minimum atomic E-state index is -0.346. The van der Waals surface area contributed by atoms with E-state index in [9.17, 15) is 9.18 Å². The molecule has 0 saturated carbocycles. The number of aromatic nitrogens is 2. The van der Waals surface area contributed by atoms with Crippen LogP contribution < -0.4 is 5.32 Å². The van der Waals surface area contributed by atoms with Gasteiger partial charge in [0.2, 0.25) is 5.91 Å².